The van der Waals surface area contributed by atoms with E-state index in [1.165, 1.54) is 0 Å². The van der Waals surface area contributed by atoms with Gasteiger partial charge in [-0.2, -0.15) is 4.98 Å². The molecule has 1 aromatic heterocycles. The Morgan fingerprint density at radius 1 is 1.14 bits per heavy atom. The van der Waals surface area contributed by atoms with E-state index >= 15 is 0 Å². The molecule has 1 saturated heterocycles. The monoisotopic (exact) mass is 377 g/mol. The minimum Gasteiger partial charge on any atom is -0.491 e. The first-order valence-electron chi connectivity index (χ1n) is 9.51. The Bertz CT molecular complexity index is 935. The van der Waals surface area contributed by atoms with Gasteiger partial charge in [0.25, 0.3) is 0 Å². The molecule has 0 spiro atoms. The number of hydrogen-bond acceptors (Lipinski definition) is 5. The number of aromatic nitrogens is 2. The lowest BCUT2D eigenvalue weighted by Gasteiger charge is -2.15. The van der Waals surface area contributed by atoms with Crippen molar-refractivity contribution in [2.45, 2.75) is 38.8 Å². The summed E-state index contributed by atoms with van der Waals surface area (Å²) in [6, 6.07) is 17.6. The maximum absolute atomic E-state index is 12.4. The minimum absolute atomic E-state index is 0.0685. The molecular weight excluding hydrogens is 354 g/mol. The quantitative estimate of drug-likeness (QED) is 0.648. The number of carbonyl (C=O) groups excluding carboxylic acids is 1. The van der Waals surface area contributed by atoms with Crippen molar-refractivity contribution in [1.29, 1.82) is 0 Å². The van der Waals surface area contributed by atoms with E-state index in [9.17, 15) is 4.79 Å². The minimum atomic E-state index is -0.0685. The first-order chi connectivity index (χ1) is 13.6. The summed E-state index contributed by atoms with van der Waals surface area (Å²) in [6.07, 6.45) is 0.525. The van der Waals surface area contributed by atoms with Crippen LogP contribution in [-0.2, 0) is 11.3 Å². The number of rotatable bonds is 6. The van der Waals surface area contributed by atoms with E-state index < -0.39 is 0 Å². The van der Waals surface area contributed by atoms with Gasteiger partial charge in [-0.25, -0.2) is 0 Å². The number of likely N-dealkylation sites (tertiary alicyclic amines) is 1. The molecule has 6 heteroatoms. The molecule has 1 unspecified atom stereocenters. The lowest BCUT2D eigenvalue weighted by Crippen LogP contribution is -2.24. The third-order valence-electron chi connectivity index (χ3n) is 4.71. The summed E-state index contributed by atoms with van der Waals surface area (Å²) in [6.45, 7) is 5.18. The van der Waals surface area contributed by atoms with Crippen molar-refractivity contribution in [3.8, 4) is 17.1 Å². The average Bonchev–Trinajstić information content (AvgIpc) is 3.30. The van der Waals surface area contributed by atoms with Gasteiger partial charge in [-0.3, -0.25) is 4.79 Å². The molecule has 28 heavy (non-hydrogen) atoms. The van der Waals surface area contributed by atoms with Crippen molar-refractivity contribution >= 4 is 5.91 Å². The fourth-order valence-electron chi connectivity index (χ4n) is 3.37. The predicted octanol–water partition coefficient (Wildman–Crippen LogP) is 4.04. The highest BCUT2D eigenvalue weighted by Crippen LogP contribution is 2.30. The van der Waals surface area contributed by atoms with Crippen LogP contribution >= 0.6 is 0 Å². The summed E-state index contributed by atoms with van der Waals surface area (Å²) in [7, 11) is 0. The SMILES string of the molecule is CC(C)Oc1ccc(-c2noc(C3CC(=O)N(Cc4ccccc4)C3)n2)cc1. The highest BCUT2D eigenvalue weighted by molar-refractivity contribution is 5.79. The third kappa shape index (κ3) is 4.06. The average molecular weight is 377 g/mol. The molecule has 0 bridgehead atoms. The molecule has 0 N–H and O–H groups in total. The number of benzene rings is 2. The summed E-state index contributed by atoms with van der Waals surface area (Å²) in [5.74, 6) is 1.90. The summed E-state index contributed by atoms with van der Waals surface area (Å²) < 4.78 is 11.1. The van der Waals surface area contributed by atoms with Gasteiger partial charge in [0.05, 0.1) is 12.0 Å². The molecule has 144 valence electrons. The van der Waals surface area contributed by atoms with Crippen molar-refractivity contribution in [2.75, 3.05) is 6.54 Å². The van der Waals surface area contributed by atoms with Gasteiger partial charge in [0.2, 0.25) is 17.6 Å². The van der Waals surface area contributed by atoms with E-state index in [0.29, 0.717) is 31.2 Å². The second-order valence-corrected chi connectivity index (χ2v) is 7.31. The maximum atomic E-state index is 12.4. The van der Waals surface area contributed by atoms with E-state index in [0.717, 1.165) is 16.9 Å². The Morgan fingerprint density at radius 2 is 1.89 bits per heavy atom. The van der Waals surface area contributed by atoms with Gasteiger partial charge in [0, 0.05) is 25.1 Å². The van der Waals surface area contributed by atoms with Crippen LogP contribution in [0.5, 0.6) is 5.75 Å². The molecule has 3 aromatic rings. The van der Waals surface area contributed by atoms with Crippen LogP contribution in [0.3, 0.4) is 0 Å². The smallest absolute Gasteiger partial charge is 0.232 e. The Hall–Kier alpha value is -3.15. The molecule has 2 heterocycles. The third-order valence-corrected chi connectivity index (χ3v) is 4.71. The molecular formula is C22H23N3O3. The summed E-state index contributed by atoms with van der Waals surface area (Å²) in [4.78, 5) is 18.8. The topological polar surface area (TPSA) is 68.5 Å². The van der Waals surface area contributed by atoms with Gasteiger partial charge in [-0.05, 0) is 43.7 Å². The van der Waals surface area contributed by atoms with Crippen molar-refractivity contribution in [3.05, 3.63) is 66.1 Å². The molecule has 2 aromatic carbocycles. The lowest BCUT2D eigenvalue weighted by molar-refractivity contribution is -0.128. The molecule has 0 aliphatic carbocycles. The van der Waals surface area contributed by atoms with Crippen LogP contribution in [0.2, 0.25) is 0 Å². The molecule has 1 atom stereocenters. The second-order valence-electron chi connectivity index (χ2n) is 7.31. The van der Waals surface area contributed by atoms with Gasteiger partial charge in [0.1, 0.15) is 5.75 Å². The zero-order chi connectivity index (χ0) is 19.5. The van der Waals surface area contributed by atoms with Gasteiger partial charge in [-0.15, -0.1) is 0 Å². The van der Waals surface area contributed by atoms with Crippen LogP contribution < -0.4 is 4.74 Å². The second kappa shape index (κ2) is 7.84. The fraction of sp³-hybridized carbons (Fsp3) is 0.318. The van der Waals surface area contributed by atoms with E-state index in [2.05, 4.69) is 10.1 Å². The molecule has 4 rings (SSSR count). The highest BCUT2D eigenvalue weighted by atomic mass is 16.5. The number of carbonyl (C=O) groups is 1. The molecule has 0 radical (unpaired) electrons. The first-order valence-corrected chi connectivity index (χ1v) is 9.51. The number of hydrogen-bond donors (Lipinski definition) is 0. The van der Waals surface area contributed by atoms with Crippen LogP contribution in [0.4, 0.5) is 0 Å². The highest BCUT2D eigenvalue weighted by Gasteiger charge is 2.34. The van der Waals surface area contributed by atoms with Crippen LogP contribution in [0.15, 0.2) is 59.1 Å². The van der Waals surface area contributed by atoms with E-state index in [1.807, 2.05) is 73.3 Å². The van der Waals surface area contributed by atoms with Gasteiger partial charge >= 0.3 is 0 Å². The van der Waals surface area contributed by atoms with Crippen molar-refractivity contribution in [3.63, 3.8) is 0 Å². The first kappa shape index (κ1) is 18.2. The van der Waals surface area contributed by atoms with Crippen LogP contribution in [0, 0.1) is 0 Å². The summed E-state index contributed by atoms with van der Waals surface area (Å²) in [5.41, 5.74) is 1.97. The van der Waals surface area contributed by atoms with Crippen molar-refractivity contribution in [1.82, 2.24) is 15.0 Å². The van der Waals surface area contributed by atoms with Gasteiger partial charge in [0.15, 0.2) is 0 Å². The Balaban J connectivity index is 1.43. The Morgan fingerprint density at radius 3 is 2.61 bits per heavy atom. The molecule has 1 amide bonds. The molecule has 1 fully saturated rings. The van der Waals surface area contributed by atoms with E-state index in [1.54, 1.807) is 0 Å². The van der Waals surface area contributed by atoms with E-state index in [4.69, 9.17) is 9.26 Å². The lowest BCUT2D eigenvalue weighted by atomic mass is 10.1. The zero-order valence-corrected chi connectivity index (χ0v) is 16.0. The normalized spacial score (nSPS) is 16.8. The van der Waals surface area contributed by atoms with Crippen LogP contribution in [0.1, 0.15) is 37.6 Å². The number of amides is 1. The number of nitrogens with zero attached hydrogens (tertiary/aromatic N) is 3. The van der Waals surface area contributed by atoms with Crippen LogP contribution in [0.25, 0.3) is 11.4 Å². The summed E-state index contributed by atoms with van der Waals surface area (Å²) >= 11 is 0. The standard InChI is InChI=1S/C22H23N3O3/c1-15(2)27-19-10-8-17(9-11-19)21-23-22(28-24-21)18-12-20(26)25(14-18)13-16-6-4-3-5-7-16/h3-11,15,18H,12-14H2,1-2H3. The molecule has 1 aliphatic heterocycles. The molecule has 6 nitrogen and oxygen atoms in total. The molecule has 0 saturated carbocycles. The largest absolute Gasteiger partial charge is 0.491 e. The van der Waals surface area contributed by atoms with Gasteiger partial charge in [-0.1, -0.05) is 35.5 Å². The zero-order valence-electron chi connectivity index (χ0n) is 16.0. The van der Waals surface area contributed by atoms with Gasteiger partial charge < -0.3 is 14.2 Å². The van der Waals surface area contributed by atoms with Crippen LogP contribution in [-0.4, -0.2) is 33.6 Å². The van der Waals surface area contributed by atoms with Crippen molar-refractivity contribution in [2.24, 2.45) is 0 Å². The molecule has 1 aliphatic rings. The van der Waals surface area contributed by atoms with E-state index in [-0.39, 0.29) is 17.9 Å². The fourth-order valence-corrected chi connectivity index (χ4v) is 3.37. The summed E-state index contributed by atoms with van der Waals surface area (Å²) in [5, 5.41) is 4.10. The van der Waals surface area contributed by atoms with Crippen molar-refractivity contribution < 1.29 is 14.1 Å². The Labute approximate surface area is 164 Å². The predicted molar refractivity (Wildman–Crippen MR) is 105 cm³/mol. The maximum Gasteiger partial charge on any atom is 0.232 e. The number of ether oxygens (including phenoxy) is 1. The Kier molecular flexibility index (Phi) is 5.10.